The Kier molecular flexibility index (Phi) is 3.58. The predicted octanol–water partition coefficient (Wildman–Crippen LogP) is 2.28. The first-order valence-electron chi connectivity index (χ1n) is 6.33. The predicted molar refractivity (Wildman–Crippen MR) is 77.3 cm³/mol. The lowest BCUT2D eigenvalue weighted by Gasteiger charge is -2.24. The zero-order valence-corrected chi connectivity index (χ0v) is 12.6. The Bertz CT molecular complexity index is 636. The van der Waals surface area contributed by atoms with Crippen molar-refractivity contribution in [3.63, 3.8) is 0 Å². The number of benzene rings is 1. The Hall–Kier alpha value is -1.66. The summed E-state index contributed by atoms with van der Waals surface area (Å²) in [7, 11) is 1.60. The van der Waals surface area contributed by atoms with Gasteiger partial charge in [0, 0.05) is 11.5 Å². The molecule has 3 rings (SSSR count). The van der Waals surface area contributed by atoms with E-state index in [-0.39, 0.29) is 12.0 Å². The number of fused-ring (bicyclic) bond motifs is 1. The van der Waals surface area contributed by atoms with Gasteiger partial charge in [-0.05, 0) is 23.8 Å². The van der Waals surface area contributed by atoms with Gasteiger partial charge < -0.3 is 10.1 Å². The quantitative estimate of drug-likeness (QED) is 0.915. The van der Waals surface area contributed by atoms with Crippen molar-refractivity contribution in [1.82, 2.24) is 15.1 Å². The average Bonchev–Trinajstić information content (AvgIpc) is 2.90. The lowest BCUT2D eigenvalue weighted by Crippen LogP contribution is -2.22. The molecule has 0 aliphatic carbocycles. The maximum absolute atomic E-state index is 11.6. The van der Waals surface area contributed by atoms with Crippen LogP contribution in [0.4, 0.5) is 0 Å². The summed E-state index contributed by atoms with van der Waals surface area (Å²) in [6, 6.07) is 9.82. The van der Waals surface area contributed by atoms with Crippen molar-refractivity contribution in [3.05, 3.63) is 51.8 Å². The lowest BCUT2D eigenvalue weighted by atomic mass is 10.1. The van der Waals surface area contributed by atoms with Gasteiger partial charge in [0.25, 0.3) is 5.91 Å². The summed E-state index contributed by atoms with van der Waals surface area (Å²) in [5.74, 6) is -0.174. The highest BCUT2D eigenvalue weighted by molar-refractivity contribution is 9.10. The maximum atomic E-state index is 11.6. The molecule has 1 aromatic heterocycles. The number of ether oxygens (including phenoxy) is 1. The number of rotatable bonds is 2. The second-order valence-electron chi connectivity index (χ2n) is 4.63. The molecule has 1 atom stereocenters. The molecule has 0 bridgehead atoms. The molecule has 0 radical (unpaired) electrons. The van der Waals surface area contributed by atoms with Gasteiger partial charge in [-0.1, -0.05) is 28.1 Å². The number of hydrogen-bond donors (Lipinski definition) is 1. The van der Waals surface area contributed by atoms with E-state index < -0.39 is 0 Å². The Morgan fingerprint density at radius 3 is 2.90 bits per heavy atom. The number of carbonyl (C=O) groups excluding carboxylic acids is 1. The van der Waals surface area contributed by atoms with Crippen molar-refractivity contribution < 1.29 is 9.53 Å². The van der Waals surface area contributed by atoms with E-state index in [2.05, 4.69) is 26.3 Å². The molecule has 6 heteroatoms. The summed E-state index contributed by atoms with van der Waals surface area (Å²) in [6.45, 7) is 1.08. The topological polar surface area (TPSA) is 56.2 Å². The number of nitrogens with zero attached hydrogens (tertiary/aromatic N) is 2. The molecule has 1 aliphatic rings. The van der Waals surface area contributed by atoms with E-state index in [0.717, 1.165) is 15.7 Å². The summed E-state index contributed by atoms with van der Waals surface area (Å²) in [5, 5.41) is 6.91. The highest BCUT2D eigenvalue weighted by Crippen LogP contribution is 2.27. The van der Waals surface area contributed by atoms with Gasteiger partial charge in [-0.25, -0.2) is 0 Å². The molecular formula is C14H14BrN3O2. The van der Waals surface area contributed by atoms with Gasteiger partial charge in [0.05, 0.1) is 18.8 Å². The lowest BCUT2D eigenvalue weighted by molar-refractivity contribution is -0.00120. The van der Waals surface area contributed by atoms with Crippen LogP contribution >= 0.6 is 15.9 Å². The van der Waals surface area contributed by atoms with Gasteiger partial charge in [0.15, 0.2) is 5.69 Å². The van der Waals surface area contributed by atoms with Crippen LogP contribution in [0.2, 0.25) is 0 Å². The normalized spacial score (nSPS) is 17.6. The SMILES string of the molecule is CNC(=O)c1cc2n(n1)CC(c1ccc(Br)cc1)OC2. The van der Waals surface area contributed by atoms with Crippen LogP contribution in [0.15, 0.2) is 34.8 Å². The van der Waals surface area contributed by atoms with Crippen LogP contribution in [0.1, 0.15) is 27.8 Å². The van der Waals surface area contributed by atoms with Crippen LogP contribution in [0.3, 0.4) is 0 Å². The average molecular weight is 336 g/mol. The van der Waals surface area contributed by atoms with Crippen molar-refractivity contribution >= 4 is 21.8 Å². The minimum absolute atomic E-state index is 0.0342. The molecule has 0 fully saturated rings. The molecule has 1 aliphatic heterocycles. The molecule has 1 N–H and O–H groups in total. The van der Waals surface area contributed by atoms with Crippen LogP contribution in [0.25, 0.3) is 0 Å². The number of aromatic nitrogens is 2. The van der Waals surface area contributed by atoms with Gasteiger partial charge >= 0.3 is 0 Å². The molecule has 2 aromatic rings. The standard InChI is InChI=1S/C14H14BrN3O2/c1-16-14(19)12-6-11-8-20-13(7-18(11)17-12)9-2-4-10(15)5-3-9/h2-6,13H,7-8H2,1H3,(H,16,19). The Labute approximate surface area is 125 Å². The van der Waals surface area contributed by atoms with Crippen LogP contribution in [-0.2, 0) is 17.9 Å². The van der Waals surface area contributed by atoms with E-state index in [0.29, 0.717) is 18.8 Å². The number of halogens is 1. The third-order valence-electron chi connectivity index (χ3n) is 3.34. The Balaban J connectivity index is 1.83. The summed E-state index contributed by atoms with van der Waals surface area (Å²) >= 11 is 3.42. The highest BCUT2D eigenvalue weighted by Gasteiger charge is 2.23. The van der Waals surface area contributed by atoms with E-state index in [9.17, 15) is 4.79 Å². The summed E-state index contributed by atoms with van der Waals surface area (Å²) in [5.41, 5.74) is 2.47. The molecule has 1 amide bonds. The second kappa shape index (κ2) is 5.38. The molecule has 20 heavy (non-hydrogen) atoms. The Morgan fingerprint density at radius 1 is 1.45 bits per heavy atom. The zero-order chi connectivity index (χ0) is 14.1. The minimum atomic E-state index is -0.174. The van der Waals surface area contributed by atoms with Crippen LogP contribution < -0.4 is 5.32 Å². The zero-order valence-electron chi connectivity index (χ0n) is 11.0. The van der Waals surface area contributed by atoms with Crippen LogP contribution in [0, 0.1) is 0 Å². The third kappa shape index (κ3) is 2.48. The first-order chi connectivity index (χ1) is 9.67. The van der Waals surface area contributed by atoms with Crippen molar-refractivity contribution in [2.75, 3.05) is 7.05 Å². The van der Waals surface area contributed by atoms with Crippen LogP contribution in [0.5, 0.6) is 0 Å². The van der Waals surface area contributed by atoms with Crippen molar-refractivity contribution in [3.8, 4) is 0 Å². The van der Waals surface area contributed by atoms with E-state index in [1.165, 1.54) is 0 Å². The van der Waals surface area contributed by atoms with Crippen molar-refractivity contribution in [1.29, 1.82) is 0 Å². The molecule has 0 saturated carbocycles. The minimum Gasteiger partial charge on any atom is -0.365 e. The van der Waals surface area contributed by atoms with E-state index in [1.807, 2.05) is 28.9 Å². The first-order valence-corrected chi connectivity index (χ1v) is 7.12. The smallest absolute Gasteiger partial charge is 0.271 e. The highest BCUT2D eigenvalue weighted by atomic mass is 79.9. The molecule has 1 aromatic carbocycles. The van der Waals surface area contributed by atoms with Crippen LogP contribution in [-0.4, -0.2) is 22.7 Å². The number of hydrogen-bond acceptors (Lipinski definition) is 3. The summed E-state index contributed by atoms with van der Waals surface area (Å²) in [6.07, 6.45) is -0.0342. The van der Waals surface area contributed by atoms with Gasteiger partial charge in [-0.15, -0.1) is 0 Å². The van der Waals surface area contributed by atoms with Crippen molar-refractivity contribution in [2.24, 2.45) is 0 Å². The van der Waals surface area contributed by atoms with E-state index in [1.54, 1.807) is 13.1 Å². The molecular weight excluding hydrogens is 322 g/mol. The van der Waals surface area contributed by atoms with E-state index in [4.69, 9.17) is 4.74 Å². The monoisotopic (exact) mass is 335 g/mol. The number of carbonyl (C=O) groups is 1. The number of nitrogens with one attached hydrogen (secondary N) is 1. The first kappa shape index (κ1) is 13.3. The Morgan fingerprint density at radius 2 is 2.20 bits per heavy atom. The van der Waals surface area contributed by atoms with E-state index >= 15 is 0 Å². The second-order valence-corrected chi connectivity index (χ2v) is 5.55. The largest absolute Gasteiger partial charge is 0.365 e. The van der Waals surface area contributed by atoms with Gasteiger partial charge in [-0.2, -0.15) is 5.10 Å². The number of amides is 1. The third-order valence-corrected chi connectivity index (χ3v) is 3.86. The fourth-order valence-corrected chi connectivity index (χ4v) is 2.51. The maximum Gasteiger partial charge on any atom is 0.271 e. The molecule has 5 nitrogen and oxygen atoms in total. The molecule has 104 valence electrons. The fourth-order valence-electron chi connectivity index (χ4n) is 2.24. The van der Waals surface area contributed by atoms with Gasteiger partial charge in [0.2, 0.25) is 0 Å². The fraction of sp³-hybridized carbons (Fsp3) is 0.286. The molecule has 2 heterocycles. The summed E-state index contributed by atoms with van der Waals surface area (Å²) in [4.78, 5) is 11.6. The molecule has 1 unspecified atom stereocenters. The van der Waals surface area contributed by atoms with Gasteiger partial charge in [0.1, 0.15) is 6.10 Å². The molecule has 0 spiro atoms. The van der Waals surface area contributed by atoms with Crippen molar-refractivity contribution in [2.45, 2.75) is 19.3 Å². The van der Waals surface area contributed by atoms with Gasteiger partial charge in [-0.3, -0.25) is 9.48 Å². The molecule has 0 saturated heterocycles. The summed E-state index contributed by atoms with van der Waals surface area (Å²) < 4.78 is 8.74.